The summed E-state index contributed by atoms with van der Waals surface area (Å²) in [7, 11) is -3.95. The molecule has 0 fully saturated rings. The van der Waals surface area contributed by atoms with Crippen molar-refractivity contribution >= 4 is 32.4 Å². The number of aryl methyl sites for hydroxylation is 1. The molecule has 0 atom stereocenters. The molecule has 0 spiro atoms. The maximum Gasteiger partial charge on any atom is 0.270 e. The van der Waals surface area contributed by atoms with Crippen molar-refractivity contribution in [3.63, 3.8) is 0 Å². The summed E-state index contributed by atoms with van der Waals surface area (Å²) in [4.78, 5) is 0.0939. The highest BCUT2D eigenvalue weighted by atomic mass is 32.2. The number of fused-ring (bicyclic) bond motifs is 1. The quantitative estimate of drug-likeness (QED) is 0.567. The van der Waals surface area contributed by atoms with Crippen molar-refractivity contribution in [2.24, 2.45) is 5.73 Å². The number of guanidine groups is 1. The first-order valence-corrected chi connectivity index (χ1v) is 8.78. The second kappa shape index (κ2) is 5.98. The van der Waals surface area contributed by atoms with Gasteiger partial charge in [-0.2, -0.15) is 0 Å². The number of hydrogen-bond acceptors (Lipinski definition) is 3. The summed E-state index contributed by atoms with van der Waals surface area (Å²) >= 11 is 0. The zero-order valence-electron chi connectivity index (χ0n) is 13.1. The summed E-state index contributed by atoms with van der Waals surface area (Å²) in [6, 6.07) is 19.2. The molecule has 0 aliphatic heterocycles. The minimum Gasteiger partial charge on any atom is -0.369 e. The van der Waals surface area contributed by atoms with E-state index in [-0.39, 0.29) is 4.90 Å². The van der Waals surface area contributed by atoms with E-state index in [2.05, 4.69) is 0 Å². The zero-order valence-corrected chi connectivity index (χ0v) is 13.9. The van der Waals surface area contributed by atoms with E-state index >= 15 is 0 Å². The van der Waals surface area contributed by atoms with Crippen molar-refractivity contribution in [1.29, 1.82) is 5.41 Å². The van der Waals surface area contributed by atoms with Gasteiger partial charge in [-0.15, -0.1) is 0 Å². The minimum atomic E-state index is -3.95. The van der Waals surface area contributed by atoms with Gasteiger partial charge in [0.15, 0.2) is 0 Å². The first-order valence-electron chi connectivity index (χ1n) is 7.34. The van der Waals surface area contributed by atoms with Crippen LogP contribution in [-0.2, 0) is 10.0 Å². The predicted molar refractivity (Wildman–Crippen MR) is 96.7 cm³/mol. The van der Waals surface area contributed by atoms with Crippen molar-refractivity contribution < 1.29 is 8.42 Å². The molecule has 0 unspecified atom stereocenters. The fourth-order valence-electron chi connectivity index (χ4n) is 2.53. The van der Waals surface area contributed by atoms with Gasteiger partial charge in [-0.05, 0) is 42.0 Å². The third-order valence-corrected chi connectivity index (χ3v) is 5.50. The molecule has 0 aromatic heterocycles. The molecule has 0 saturated carbocycles. The molecule has 122 valence electrons. The Labute approximate surface area is 140 Å². The molecule has 0 amide bonds. The maximum atomic E-state index is 12.9. The van der Waals surface area contributed by atoms with Crippen LogP contribution in [0.1, 0.15) is 5.56 Å². The van der Waals surface area contributed by atoms with Crippen molar-refractivity contribution in [2.45, 2.75) is 11.8 Å². The topological polar surface area (TPSA) is 87.2 Å². The van der Waals surface area contributed by atoms with E-state index in [9.17, 15) is 8.42 Å². The summed E-state index contributed by atoms with van der Waals surface area (Å²) in [5, 5.41) is 9.63. The van der Waals surface area contributed by atoms with Gasteiger partial charge in [0.2, 0.25) is 5.96 Å². The van der Waals surface area contributed by atoms with Crippen molar-refractivity contribution in [3.8, 4) is 0 Å². The van der Waals surface area contributed by atoms with Crippen molar-refractivity contribution in [3.05, 3.63) is 72.3 Å². The van der Waals surface area contributed by atoms with E-state index in [1.165, 1.54) is 12.1 Å². The van der Waals surface area contributed by atoms with Gasteiger partial charge in [-0.1, -0.05) is 48.0 Å². The third kappa shape index (κ3) is 2.83. The van der Waals surface area contributed by atoms with E-state index in [1.54, 1.807) is 24.3 Å². The summed E-state index contributed by atoms with van der Waals surface area (Å²) in [5.41, 5.74) is 6.88. The Morgan fingerprint density at radius 2 is 1.58 bits per heavy atom. The zero-order chi connectivity index (χ0) is 17.3. The standard InChI is InChI=1S/C18H17N3O2S/c1-13-6-10-17(11-7-13)24(22,23)21(18(19)20)16-9-8-14-4-2-3-5-15(14)12-16/h2-12H,1H3,(H3,19,20). The Balaban J connectivity index is 2.15. The highest BCUT2D eigenvalue weighted by Crippen LogP contribution is 2.27. The van der Waals surface area contributed by atoms with Gasteiger partial charge in [0, 0.05) is 0 Å². The van der Waals surface area contributed by atoms with E-state index in [0.717, 1.165) is 20.6 Å². The van der Waals surface area contributed by atoms with Gasteiger partial charge >= 0.3 is 0 Å². The Bertz CT molecular complexity index is 1010. The second-order valence-corrected chi connectivity index (χ2v) is 7.29. The van der Waals surface area contributed by atoms with Crippen LogP contribution in [0.25, 0.3) is 10.8 Å². The number of anilines is 1. The molecular formula is C18H17N3O2S. The molecule has 0 bridgehead atoms. The number of hydrogen-bond donors (Lipinski definition) is 2. The Morgan fingerprint density at radius 3 is 2.21 bits per heavy atom. The van der Waals surface area contributed by atoms with Crippen LogP contribution in [0.3, 0.4) is 0 Å². The Morgan fingerprint density at radius 1 is 0.958 bits per heavy atom. The van der Waals surface area contributed by atoms with Crippen LogP contribution >= 0.6 is 0 Å². The van der Waals surface area contributed by atoms with Gasteiger partial charge in [0.1, 0.15) is 0 Å². The fourth-order valence-corrected chi connectivity index (χ4v) is 3.87. The average molecular weight is 339 g/mol. The summed E-state index contributed by atoms with van der Waals surface area (Å²) < 4.78 is 26.7. The molecule has 0 aliphatic rings. The van der Waals surface area contributed by atoms with E-state index in [0.29, 0.717) is 5.69 Å². The highest BCUT2D eigenvalue weighted by molar-refractivity contribution is 7.93. The number of sulfonamides is 1. The van der Waals surface area contributed by atoms with E-state index in [4.69, 9.17) is 11.1 Å². The van der Waals surface area contributed by atoms with Gasteiger partial charge in [-0.25, -0.2) is 12.7 Å². The lowest BCUT2D eigenvalue weighted by molar-refractivity contribution is 0.597. The van der Waals surface area contributed by atoms with Crippen LogP contribution in [0.5, 0.6) is 0 Å². The monoisotopic (exact) mass is 339 g/mol. The molecule has 6 heteroatoms. The Kier molecular flexibility index (Phi) is 3.99. The molecule has 3 aromatic rings. The SMILES string of the molecule is Cc1ccc(S(=O)(=O)N(C(=N)N)c2ccc3ccccc3c2)cc1. The van der Waals surface area contributed by atoms with Gasteiger partial charge in [0.25, 0.3) is 10.0 Å². The molecular weight excluding hydrogens is 322 g/mol. The molecule has 0 radical (unpaired) electrons. The van der Waals surface area contributed by atoms with Crippen LogP contribution < -0.4 is 10.0 Å². The third-order valence-electron chi connectivity index (χ3n) is 3.75. The first-order chi connectivity index (χ1) is 11.4. The lowest BCUT2D eigenvalue weighted by atomic mass is 10.1. The number of nitrogens with zero attached hydrogens (tertiary/aromatic N) is 1. The number of rotatable bonds is 3. The smallest absolute Gasteiger partial charge is 0.270 e. The van der Waals surface area contributed by atoms with Crippen LogP contribution in [0.4, 0.5) is 5.69 Å². The van der Waals surface area contributed by atoms with Crippen LogP contribution in [-0.4, -0.2) is 14.4 Å². The molecule has 0 saturated heterocycles. The highest BCUT2D eigenvalue weighted by Gasteiger charge is 2.27. The fraction of sp³-hybridized carbons (Fsp3) is 0.0556. The maximum absolute atomic E-state index is 12.9. The Hall–Kier alpha value is -2.86. The van der Waals surface area contributed by atoms with Gasteiger partial charge in [0.05, 0.1) is 10.6 Å². The second-order valence-electron chi connectivity index (χ2n) is 5.50. The van der Waals surface area contributed by atoms with E-state index < -0.39 is 16.0 Å². The number of nitrogens with two attached hydrogens (primary N) is 1. The number of benzene rings is 3. The number of nitrogens with one attached hydrogen (secondary N) is 1. The average Bonchev–Trinajstić information content (AvgIpc) is 2.54. The molecule has 24 heavy (non-hydrogen) atoms. The molecule has 3 rings (SSSR count). The van der Waals surface area contributed by atoms with Crippen LogP contribution in [0.2, 0.25) is 0 Å². The largest absolute Gasteiger partial charge is 0.369 e. The molecule has 3 N–H and O–H groups in total. The van der Waals surface area contributed by atoms with E-state index in [1.807, 2.05) is 37.3 Å². The van der Waals surface area contributed by atoms with Gasteiger partial charge in [-0.3, -0.25) is 5.41 Å². The molecule has 0 aliphatic carbocycles. The van der Waals surface area contributed by atoms with Crippen molar-refractivity contribution in [2.75, 3.05) is 4.31 Å². The first kappa shape index (κ1) is 16.0. The van der Waals surface area contributed by atoms with Gasteiger partial charge < -0.3 is 5.73 Å². The molecule has 5 nitrogen and oxygen atoms in total. The van der Waals surface area contributed by atoms with Crippen LogP contribution in [0, 0.1) is 12.3 Å². The summed E-state index contributed by atoms with van der Waals surface area (Å²) in [6.07, 6.45) is 0. The lowest BCUT2D eigenvalue weighted by Crippen LogP contribution is -2.41. The molecule has 3 aromatic carbocycles. The minimum absolute atomic E-state index is 0.0939. The van der Waals surface area contributed by atoms with Crippen molar-refractivity contribution in [1.82, 2.24) is 0 Å². The van der Waals surface area contributed by atoms with Crippen LogP contribution in [0.15, 0.2) is 71.6 Å². The predicted octanol–water partition coefficient (Wildman–Crippen LogP) is 3.24. The normalized spacial score (nSPS) is 11.4. The lowest BCUT2D eigenvalue weighted by Gasteiger charge is -2.23. The summed E-state index contributed by atoms with van der Waals surface area (Å²) in [5.74, 6) is -0.550. The molecule has 0 heterocycles. The summed E-state index contributed by atoms with van der Waals surface area (Å²) in [6.45, 7) is 1.88.